The van der Waals surface area contributed by atoms with Gasteiger partial charge in [0.2, 0.25) is 0 Å². The number of carbonyl (C=O) groups is 3. The number of nitrogens with one attached hydrogen (secondary N) is 1. The number of para-hydroxylation sites is 1. The quantitative estimate of drug-likeness (QED) is 0.380. The smallest absolute Gasteiger partial charge is 0.335 e. The normalized spacial score (nSPS) is 15.5. The summed E-state index contributed by atoms with van der Waals surface area (Å²) in [5, 5.41) is 2.23. The van der Waals surface area contributed by atoms with Gasteiger partial charge in [0.1, 0.15) is 5.57 Å². The number of barbiturate groups is 1. The number of benzene rings is 2. The van der Waals surface area contributed by atoms with Gasteiger partial charge >= 0.3 is 6.03 Å². The first-order chi connectivity index (χ1) is 13.9. The van der Waals surface area contributed by atoms with E-state index < -0.39 is 17.8 Å². The summed E-state index contributed by atoms with van der Waals surface area (Å²) >= 11 is 2.10. The SMILES string of the molecule is CCOc1c(I)cc(/C=C2/C(=O)NC(=O)N(c3ccccc3C)C2=O)cc1OC. The number of carbonyl (C=O) groups excluding carboxylic acids is 3. The molecule has 2 aromatic rings. The number of rotatable bonds is 5. The van der Waals surface area contributed by atoms with Crippen LogP contribution in [0.25, 0.3) is 6.08 Å². The minimum atomic E-state index is -0.773. The van der Waals surface area contributed by atoms with E-state index in [1.807, 2.05) is 6.92 Å². The van der Waals surface area contributed by atoms with E-state index in [-0.39, 0.29) is 5.57 Å². The van der Waals surface area contributed by atoms with Gasteiger partial charge in [-0.25, -0.2) is 9.69 Å². The van der Waals surface area contributed by atoms with Crippen LogP contribution in [0.5, 0.6) is 11.5 Å². The van der Waals surface area contributed by atoms with Crippen molar-refractivity contribution in [3.05, 3.63) is 56.7 Å². The summed E-state index contributed by atoms with van der Waals surface area (Å²) < 4.78 is 11.7. The highest BCUT2D eigenvalue weighted by Crippen LogP contribution is 2.35. The molecule has 0 atom stereocenters. The number of ether oxygens (including phenoxy) is 2. The zero-order valence-corrected chi connectivity index (χ0v) is 18.3. The molecule has 0 saturated carbocycles. The van der Waals surface area contributed by atoms with E-state index in [9.17, 15) is 14.4 Å². The summed E-state index contributed by atoms with van der Waals surface area (Å²) in [6, 6.07) is 9.65. The molecule has 1 fully saturated rings. The first kappa shape index (κ1) is 20.8. The van der Waals surface area contributed by atoms with Gasteiger partial charge < -0.3 is 9.47 Å². The molecule has 8 heteroatoms. The summed E-state index contributed by atoms with van der Waals surface area (Å²) in [4.78, 5) is 38.7. The first-order valence-electron chi connectivity index (χ1n) is 8.84. The van der Waals surface area contributed by atoms with Crippen LogP contribution in [0, 0.1) is 10.5 Å². The van der Waals surface area contributed by atoms with Gasteiger partial charge in [0.25, 0.3) is 11.8 Å². The molecule has 1 saturated heterocycles. The molecule has 0 unspecified atom stereocenters. The summed E-state index contributed by atoms with van der Waals surface area (Å²) in [5.74, 6) is -0.349. The van der Waals surface area contributed by atoms with Crippen LogP contribution < -0.4 is 19.7 Å². The number of anilines is 1. The van der Waals surface area contributed by atoms with E-state index in [2.05, 4.69) is 27.9 Å². The van der Waals surface area contributed by atoms with Crippen molar-refractivity contribution < 1.29 is 23.9 Å². The molecule has 0 bridgehead atoms. The largest absolute Gasteiger partial charge is 0.493 e. The highest BCUT2D eigenvalue weighted by atomic mass is 127. The number of methoxy groups -OCH3 is 1. The molecule has 0 radical (unpaired) electrons. The number of hydrogen-bond acceptors (Lipinski definition) is 5. The van der Waals surface area contributed by atoms with Crippen LogP contribution in [0.4, 0.5) is 10.5 Å². The van der Waals surface area contributed by atoms with Crippen LogP contribution in [-0.2, 0) is 9.59 Å². The Morgan fingerprint density at radius 3 is 2.55 bits per heavy atom. The molecule has 1 aliphatic heterocycles. The van der Waals surface area contributed by atoms with Crippen molar-refractivity contribution in [2.75, 3.05) is 18.6 Å². The van der Waals surface area contributed by atoms with Gasteiger partial charge in [0.05, 0.1) is 23.0 Å². The minimum absolute atomic E-state index is 0.144. The Labute approximate surface area is 181 Å². The van der Waals surface area contributed by atoms with E-state index in [1.54, 1.807) is 43.3 Å². The van der Waals surface area contributed by atoms with E-state index in [1.165, 1.54) is 13.2 Å². The summed E-state index contributed by atoms with van der Waals surface area (Å²) in [5.41, 5.74) is 1.59. The number of aryl methyl sites for hydroxylation is 1. The maximum Gasteiger partial charge on any atom is 0.335 e. The molecule has 4 amide bonds. The molecular formula is C21H19IN2O5. The topological polar surface area (TPSA) is 84.9 Å². The van der Waals surface area contributed by atoms with Crippen molar-refractivity contribution in [2.24, 2.45) is 0 Å². The lowest BCUT2D eigenvalue weighted by atomic mass is 10.1. The van der Waals surface area contributed by atoms with Crippen LogP contribution in [0.1, 0.15) is 18.1 Å². The maximum atomic E-state index is 13.0. The Kier molecular flexibility index (Phi) is 6.21. The van der Waals surface area contributed by atoms with Crippen LogP contribution >= 0.6 is 22.6 Å². The molecular weight excluding hydrogens is 487 g/mol. The standard InChI is InChI=1S/C21H19IN2O5/c1-4-29-18-15(22)10-13(11-17(18)28-3)9-14-19(25)23-21(27)24(20(14)26)16-8-6-5-7-12(16)2/h5-11H,4H2,1-3H3,(H,23,25,27)/b14-9-. The second-order valence-corrected chi connectivity index (χ2v) is 7.37. The number of nitrogens with zero attached hydrogens (tertiary/aromatic N) is 1. The van der Waals surface area contributed by atoms with Crippen LogP contribution in [0.2, 0.25) is 0 Å². The highest BCUT2D eigenvalue weighted by molar-refractivity contribution is 14.1. The zero-order valence-electron chi connectivity index (χ0n) is 16.1. The average Bonchev–Trinajstić information content (AvgIpc) is 2.68. The van der Waals surface area contributed by atoms with Crippen molar-refractivity contribution in [2.45, 2.75) is 13.8 Å². The van der Waals surface area contributed by atoms with E-state index in [0.717, 1.165) is 14.0 Å². The Bertz CT molecular complexity index is 1030. The number of imide groups is 2. The monoisotopic (exact) mass is 506 g/mol. The number of halogens is 1. The molecule has 1 N–H and O–H groups in total. The van der Waals surface area contributed by atoms with Crippen LogP contribution in [0.3, 0.4) is 0 Å². The van der Waals surface area contributed by atoms with Gasteiger partial charge in [-0.05, 0) is 71.8 Å². The summed E-state index contributed by atoms with van der Waals surface area (Å²) in [6.45, 7) is 4.13. The molecule has 7 nitrogen and oxygen atoms in total. The second-order valence-electron chi connectivity index (χ2n) is 6.21. The van der Waals surface area contributed by atoms with Gasteiger partial charge in [-0.15, -0.1) is 0 Å². The Morgan fingerprint density at radius 1 is 1.17 bits per heavy atom. The second kappa shape index (κ2) is 8.64. The summed E-state index contributed by atoms with van der Waals surface area (Å²) in [6.07, 6.45) is 1.44. The predicted octanol–water partition coefficient (Wildman–Crippen LogP) is 3.67. The van der Waals surface area contributed by atoms with Crippen molar-refractivity contribution in [1.29, 1.82) is 0 Å². The third-order valence-corrected chi connectivity index (χ3v) is 5.11. The van der Waals surface area contributed by atoms with Gasteiger partial charge in [-0.1, -0.05) is 18.2 Å². The van der Waals surface area contributed by atoms with E-state index >= 15 is 0 Å². The molecule has 29 heavy (non-hydrogen) atoms. The van der Waals surface area contributed by atoms with Crippen molar-refractivity contribution >= 4 is 52.2 Å². The minimum Gasteiger partial charge on any atom is -0.493 e. The third kappa shape index (κ3) is 4.12. The van der Waals surface area contributed by atoms with Crippen LogP contribution in [0.15, 0.2) is 42.0 Å². The molecule has 0 aromatic heterocycles. The summed E-state index contributed by atoms with van der Waals surface area (Å²) in [7, 11) is 1.52. The molecule has 0 aliphatic carbocycles. The zero-order chi connectivity index (χ0) is 21.1. The molecule has 1 heterocycles. The van der Waals surface area contributed by atoms with E-state index in [0.29, 0.717) is 29.4 Å². The molecule has 2 aromatic carbocycles. The first-order valence-corrected chi connectivity index (χ1v) is 9.92. The number of hydrogen-bond donors (Lipinski definition) is 1. The molecule has 150 valence electrons. The maximum absolute atomic E-state index is 13.0. The average molecular weight is 506 g/mol. The lowest BCUT2D eigenvalue weighted by Crippen LogP contribution is -2.54. The van der Waals surface area contributed by atoms with E-state index in [4.69, 9.17) is 9.47 Å². The fraction of sp³-hybridized carbons (Fsp3) is 0.190. The lowest BCUT2D eigenvalue weighted by molar-refractivity contribution is -0.122. The number of urea groups is 1. The molecule has 1 aliphatic rings. The van der Waals surface area contributed by atoms with Gasteiger partial charge in [0, 0.05) is 0 Å². The van der Waals surface area contributed by atoms with Gasteiger partial charge in [-0.3, -0.25) is 14.9 Å². The fourth-order valence-electron chi connectivity index (χ4n) is 2.96. The Balaban J connectivity index is 2.05. The molecule has 0 spiro atoms. The van der Waals surface area contributed by atoms with Gasteiger partial charge in [0.15, 0.2) is 11.5 Å². The molecule has 3 rings (SSSR count). The van der Waals surface area contributed by atoms with Crippen molar-refractivity contribution in [1.82, 2.24) is 5.32 Å². The van der Waals surface area contributed by atoms with Crippen molar-refractivity contribution in [3.8, 4) is 11.5 Å². The van der Waals surface area contributed by atoms with Gasteiger partial charge in [-0.2, -0.15) is 0 Å². The van der Waals surface area contributed by atoms with Crippen LogP contribution in [-0.4, -0.2) is 31.6 Å². The highest BCUT2D eigenvalue weighted by Gasteiger charge is 2.37. The lowest BCUT2D eigenvalue weighted by Gasteiger charge is -2.27. The Morgan fingerprint density at radius 2 is 1.90 bits per heavy atom. The van der Waals surface area contributed by atoms with Crippen molar-refractivity contribution in [3.63, 3.8) is 0 Å². The predicted molar refractivity (Wildman–Crippen MR) is 117 cm³/mol. The Hall–Kier alpha value is -2.88. The number of amides is 4. The third-order valence-electron chi connectivity index (χ3n) is 4.31. The fourth-order valence-corrected chi connectivity index (χ4v) is 3.75.